The van der Waals surface area contributed by atoms with Crippen LogP contribution in [-0.4, -0.2) is 13.0 Å². The lowest BCUT2D eigenvalue weighted by Gasteiger charge is -2.04. The second-order valence-electron chi connectivity index (χ2n) is 2.53. The van der Waals surface area contributed by atoms with E-state index in [1.54, 1.807) is 6.07 Å². The predicted molar refractivity (Wildman–Crippen MR) is 47.3 cm³/mol. The van der Waals surface area contributed by atoms with Crippen molar-refractivity contribution in [3.05, 3.63) is 24.0 Å². The summed E-state index contributed by atoms with van der Waals surface area (Å²) in [5.74, 6) is -0.563. The molecule has 0 unspecified atom stereocenters. The lowest BCUT2D eigenvalue weighted by Crippen LogP contribution is -2.05. The van der Waals surface area contributed by atoms with Gasteiger partial charge in [0.1, 0.15) is 0 Å². The number of rotatable bonds is 2. The minimum Gasteiger partial charge on any atom is -0.494 e. The van der Waals surface area contributed by atoms with Gasteiger partial charge in [-0.3, -0.25) is 4.79 Å². The predicted octanol–water partition coefficient (Wildman–Crippen LogP) is 1.79. The van der Waals surface area contributed by atoms with Gasteiger partial charge in [-0.15, -0.1) is 0 Å². The van der Waals surface area contributed by atoms with Gasteiger partial charge in [0.15, 0.2) is 11.6 Å². The summed E-state index contributed by atoms with van der Waals surface area (Å²) in [5, 5.41) is 2.46. The summed E-state index contributed by atoms with van der Waals surface area (Å²) in [6.45, 7) is 1.36. The molecule has 0 aliphatic rings. The number of halogens is 1. The first-order valence-electron chi connectivity index (χ1n) is 3.74. The molecule has 70 valence electrons. The summed E-state index contributed by atoms with van der Waals surface area (Å²) in [4.78, 5) is 10.6. The maximum absolute atomic E-state index is 13.0. The first kappa shape index (κ1) is 9.51. The Morgan fingerprint density at radius 1 is 1.54 bits per heavy atom. The van der Waals surface area contributed by atoms with Crippen LogP contribution in [0.25, 0.3) is 0 Å². The van der Waals surface area contributed by atoms with Gasteiger partial charge in [-0.25, -0.2) is 4.39 Å². The Hall–Kier alpha value is -1.58. The number of methoxy groups -OCH3 is 1. The molecule has 1 aromatic rings. The zero-order valence-electron chi connectivity index (χ0n) is 7.43. The summed E-state index contributed by atoms with van der Waals surface area (Å²) in [6, 6.07) is 4.24. The molecule has 0 bridgehead atoms. The van der Waals surface area contributed by atoms with Gasteiger partial charge >= 0.3 is 0 Å². The van der Waals surface area contributed by atoms with E-state index in [2.05, 4.69) is 5.32 Å². The van der Waals surface area contributed by atoms with Gasteiger partial charge in [-0.1, -0.05) is 0 Å². The molecule has 4 heteroatoms. The molecule has 0 spiro atoms. The van der Waals surface area contributed by atoms with Crippen LogP contribution in [0.3, 0.4) is 0 Å². The third-order valence-electron chi connectivity index (χ3n) is 1.47. The van der Waals surface area contributed by atoms with E-state index in [-0.39, 0.29) is 11.7 Å². The van der Waals surface area contributed by atoms with E-state index in [1.165, 1.54) is 26.2 Å². The maximum Gasteiger partial charge on any atom is 0.221 e. The van der Waals surface area contributed by atoms with Crippen molar-refractivity contribution in [1.29, 1.82) is 0 Å². The van der Waals surface area contributed by atoms with Crippen LogP contribution in [0.4, 0.5) is 10.1 Å². The molecule has 1 rings (SSSR count). The fraction of sp³-hybridized carbons (Fsp3) is 0.222. The standard InChI is InChI=1S/C9H10FNO2/c1-6(12)11-7-3-4-9(13-2)8(10)5-7/h3-5H,1-2H3,(H,11,12). The Labute approximate surface area is 75.5 Å². The molecule has 1 N–H and O–H groups in total. The van der Waals surface area contributed by atoms with Crippen molar-refractivity contribution >= 4 is 11.6 Å². The highest BCUT2D eigenvalue weighted by Crippen LogP contribution is 2.20. The van der Waals surface area contributed by atoms with E-state index in [1.807, 2.05) is 0 Å². The van der Waals surface area contributed by atoms with Crippen molar-refractivity contribution < 1.29 is 13.9 Å². The summed E-state index contributed by atoms with van der Waals surface area (Å²) in [7, 11) is 1.39. The second kappa shape index (κ2) is 3.89. The largest absolute Gasteiger partial charge is 0.494 e. The molecule has 0 saturated heterocycles. The molecule has 0 aliphatic carbocycles. The second-order valence-corrected chi connectivity index (χ2v) is 2.53. The van der Waals surface area contributed by atoms with Crippen LogP contribution in [0.2, 0.25) is 0 Å². The van der Waals surface area contributed by atoms with Crippen molar-refractivity contribution in [3.63, 3.8) is 0 Å². The summed E-state index contributed by atoms with van der Waals surface area (Å²) in [6.07, 6.45) is 0. The molecule has 1 aromatic carbocycles. The molecule has 0 atom stereocenters. The number of nitrogens with one attached hydrogen (secondary N) is 1. The van der Waals surface area contributed by atoms with Crippen LogP contribution in [0.1, 0.15) is 6.92 Å². The molecule has 0 saturated carbocycles. The number of hydrogen-bond acceptors (Lipinski definition) is 2. The lowest BCUT2D eigenvalue weighted by molar-refractivity contribution is -0.114. The fourth-order valence-electron chi connectivity index (χ4n) is 0.947. The number of amides is 1. The quantitative estimate of drug-likeness (QED) is 0.759. The number of benzene rings is 1. The monoisotopic (exact) mass is 183 g/mol. The average Bonchev–Trinajstić information content (AvgIpc) is 2.03. The summed E-state index contributed by atoms with van der Waals surface area (Å²) in [5.41, 5.74) is 0.422. The topological polar surface area (TPSA) is 38.3 Å². The first-order chi connectivity index (χ1) is 6.13. The van der Waals surface area contributed by atoms with Gasteiger partial charge in [0.2, 0.25) is 5.91 Å². The third kappa shape index (κ3) is 2.43. The minimum atomic E-state index is -0.492. The van der Waals surface area contributed by atoms with E-state index < -0.39 is 5.82 Å². The Balaban J connectivity index is 2.89. The van der Waals surface area contributed by atoms with E-state index in [0.29, 0.717) is 5.69 Å². The third-order valence-corrected chi connectivity index (χ3v) is 1.47. The normalized spacial score (nSPS) is 9.46. The van der Waals surface area contributed by atoms with Crippen molar-refractivity contribution in [3.8, 4) is 5.75 Å². The SMILES string of the molecule is COc1ccc(NC(C)=O)cc1F. The van der Waals surface area contributed by atoms with Gasteiger partial charge in [0.05, 0.1) is 7.11 Å². The number of ether oxygens (including phenoxy) is 1. The van der Waals surface area contributed by atoms with Crippen molar-refractivity contribution in [2.75, 3.05) is 12.4 Å². The number of anilines is 1. The number of carbonyl (C=O) groups is 1. The Kier molecular flexibility index (Phi) is 2.84. The van der Waals surface area contributed by atoms with Crippen LogP contribution in [0.15, 0.2) is 18.2 Å². The van der Waals surface area contributed by atoms with Gasteiger partial charge in [-0.05, 0) is 12.1 Å². The summed E-state index contributed by atoms with van der Waals surface area (Å²) >= 11 is 0. The van der Waals surface area contributed by atoms with E-state index in [9.17, 15) is 9.18 Å². The zero-order valence-corrected chi connectivity index (χ0v) is 7.43. The van der Waals surface area contributed by atoms with Gasteiger partial charge in [0, 0.05) is 18.7 Å². The molecule has 0 heterocycles. The fourth-order valence-corrected chi connectivity index (χ4v) is 0.947. The molecule has 13 heavy (non-hydrogen) atoms. The van der Waals surface area contributed by atoms with Crippen LogP contribution in [0, 0.1) is 5.82 Å². The van der Waals surface area contributed by atoms with E-state index >= 15 is 0 Å². The molecular weight excluding hydrogens is 173 g/mol. The van der Waals surface area contributed by atoms with E-state index in [0.717, 1.165) is 0 Å². The molecule has 1 amide bonds. The van der Waals surface area contributed by atoms with Gasteiger partial charge in [-0.2, -0.15) is 0 Å². The van der Waals surface area contributed by atoms with Crippen LogP contribution in [-0.2, 0) is 4.79 Å². The summed E-state index contributed by atoms with van der Waals surface area (Å²) < 4.78 is 17.7. The first-order valence-corrected chi connectivity index (χ1v) is 3.74. The zero-order chi connectivity index (χ0) is 9.84. The van der Waals surface area contributed by atoms with E-state index in [4.69, 9.17) is 4.74 Å². The molecule has 3 nitrogen and oxygen atoms in total. The minimum absolute atomic E-state index is 0.161. The molecule has 0 radical (unpaired) electrons. The molecule has 0 aromatic heterocycles. The van der Waals surface area contributed by atoms with Crippen molar-refractivity contribution in [1.82, 2.24) is 0 Å². The van der Waals surface area contributed by atoms with Gasteiger partial charge < -0.3 is 10.1 Å². The highest BCUT2D eigenvalue weighted by molar-refractivity contribution is 5.88. The Bertz CT molecular complexity index is 325. The van der Waals surface area contributed by atoms with Crippen LogP contribution >= 0.6 is 0 Å². The Morgan fingerprint density at radius 3 is 2.69 bits per heavy atom. The average molecular weight is 183 g/mol. The van der Waals surface area contributed by atoms with Crippen molar-refractivity contribution in [2.45, 2.75) is 6.92 Å². The van der Waals surface area contributed by atoms with Crippen LogP contribution in [0.5, 0.6) is 5.75 Å². The van der Waals surface area contributed by atoms with Crippen LogP contribution < -0.4 is 10.1 Å². The van der Waals surface area contributed by atoms with Crippen molar-refractivity contribution in [2.24, 2.45) is 0 Å². The molecule has 0 aliphatic heterocycles. The lowest BCUT2D eigenvalue weighted by atomic mass is 10.3. The Morgan fingerprint density at radius 2 is 2.23 bits per heavy atom. The molecule has 0 fully saturated rings. The van der Waals surface area contributed by atoms with Gasteiger partial charge in [0.25, 0.3) is 0 Å². The number of hydrogen-bond donors (Lipinski definition) is 1. The highest BCUT2D eigenvalue weighted by Gasteiger charge is 2.03. The molecular formula is C9H10FNO2. The highest BCUT2D eigenvalue weighted by atomic mass is 19.1. The number of carbonyl (C=O) groups excluding carboxylic acids is 1. The maximum atomic E-state index is 13.0. The smallest absolute Gasteiger partial charge is 0.221 e.